The van der Waals surface area contributed by atoms with Gasteiger partial charge in [0.2, 0.25) is 5.91 Å². The van der Waals surface area contributed by atoms with E-state index in [1.54, 1.807) is 11.1 Å². The van der Waals surface area contributed by atoms with Crippen molar-refractivity contribution in [2.45, 2.75) is 79.1 Å². The van der Waals surface area contributed by atoms with Gasteiger partial charge in [0.25, 0.3) is 0 Å². The molecule has 4 rings (SSSR count). The molecule has 1 aromatic rings. The lowest BCUT2D eigenvalue weighted by atomic mass is 9.48. The zero-order chi connectivity index (χ0) is 20.8. The Bertz CT molecular complexity index is 828. The first-order valence-electron chi connectivity index (χ1n) is 11.5. The Morgan fingerprint density at radius 1 is 1.14 bits per heavy atom. The summed E-state index contributed by atoms with van der Waals surface area (Å²) in [6.45, 7) is 9.44. The van der Waals surface area contributed by atoms with Crippen molar-refractivity contribution >= 4 is 23.2 Å². The van der Waals surface area contributed by atoms with E-state index in [2.05, 4.69) is 33.0 Å². The smallest absolute Gasteiger partial charge is 0.230 e. The summed E-state index contributed by atoms with van der Waals surface area (Å²) in [5.41, 5.74) is 4.05. The minimum absolute atomic E-state index is 0.154. The Labute approximate surface area is 181 Å². The predicted octanol–water partition coefficient (Wildman–Crippen LogP) is 7.64. The fraction of sp³-hybridized carbons (Fsp3) is 0.654. The average Bonchev–Trinajstić information content (AvgIpc) is 2.69. The molecule has 29 heavy (non-hydrogen) atoms. The van der Waals surface area contributed by atoms with E-state index in [1.807, 2.05) is 24.3 Å². The second kappa shape index (κ2) is 7.76. The largest absolute Gasteiger partial charge is 0.324 e. The van der Waals surface area contributed by atoms with E-state index in [4.69, 9.17) is 11.6 Å². The number of nitrogens with one attached hydrogen (secondary N) is 1. The molecule has 0 aliphatic heterocycles. The lowest BCUT2D eigenvalue weighted by molar-refractivity contribution is -0.135. The number of hydrogen-bond donors (Lipinski definition) is 1. The normalized spacial score (nSPS) is 34.6. The minimum Gasteiger partial charge on any atom is -0.324 e. The molecule has 0 radical (unpaired) electrons. The summed E-state index contributed by atoms with van der Waals surface area (Å²) >= 11 is 6.33. The van der Waals surface area contributed by atoms with Crippen LogP contribution in [-0.2, 0) is 4.79 Å². The van der Waals surface area contributed by atoms with Gasteiger partial charge < -0.3 is 5.32 Å². The highest BCUT2D eigenvalue weighted by atomic mass is 35.5. The molecular formula is C26H36ClNO. The molecule has 1 amide bonds. The van der Waals surface area contributed by atoms with Crippen LogP contribution in [0.5, 0.6) is 0 Å². The van der Waals surface area contributed by atoms with Crippen LogP contribution in [0, 0.1) is 28.6 Å². The van der Waals surface area contributed by atoms with Crippen LogP contribution in [0.1, 0.15) is 79.1 Å². The Morgan fingerprint density at radius 2 is 1.90 bits per heavy atom. The van der Waals surface area contributed by atoms with E-state index < -0.39 is 0 Å². The molecule has 3 unspecified atom stereocenters. The fourth-order valence-corrected chi connectivity index (χ4v) is 7.03. The van der Waals surface area contributed by atoms with Crippen molar-refractivity contribution in [3.8, 4) is 0 Å². The molecule has 1 saturated carbocycles. The lowest BCUT2D eigenvalue weighted by Gasteiger charge is -2.56. The molecule has 1 N–H and O–H groups in total. The van der Waals surface area contributed by atoms with Crippen LogP contribution in [0.4, 0.5) is 5.69 Å². The maximum Gasteiger partial charge on any atom is 0.230 e. The van der Waals surface area contributed by atoms with Crippen molar-refractivity contribution in [3.05, 3.63) is 40.4 Å². The number of halogens is 1. The monoisotopic (exact) mass is 413 g/mol. The van der Waals surface area contributed by atoms with E-state index in [9.17, 15) is 4.79 Å². The maximum atomic E-state index is 13.6. The molecule has 0 aromatic heterocycles. The van der Waals surface area contributed by atoms with Crippen molar-refractivity contribution in [2.75, 3.05) is 5.32 Å². The van der Waals surface area contributed by atoms with Gasteiger partial charge in [0.1, 0.15) is 0 Å². The number of fused-ring (bicyclic) bond motifs is 2. The number of hydrogen-bond acceptors (Lipinski definition) is 1. The van der Waals surface area contributed by atoms with Crippen LogP contribution in [0.2, 0.25) is 5.02 Å². The number of carbonyl (C=O) groups excluding carboxylic acids is 1. The molecular weight excluding hydrogens is 378 g/mol. The first-order valence-corrected chi connectivity index (χ1v) is 11.9. The molecule has 3 heteroatoms. The summed E-state index contributed by atoms with van der Waals surface area (Å²) in [5.74, 6) is 2.18. The number of carbonyl (C=O) groups is 1. The second-order valence-electron chi connectivity index (χ2n) is 10.5. The molecule has 158 valence electrons. The molecule has 0 spiro atoms. The Hall–Kier alpha value is -1.28. The van der Waals surface area contributed by atoms with Gasteiger partial charge in [-0.2, -0.15) is 0 Å². The van der Waals surface area contributed by atoms with Gasteiger partial charge in [0, 0.05) is 0 Å². The average molecular weight is 414 g/mol. The number of anilines is 1. The van der Waals surface area contributed by atoms with Gasteiger partial charge >= 0.3 is 0 Å². The number of amides is 1. The summed E-state index contributed by atoms with van der Waals surface area (Å²) in [4.78, 5) is 13.6. The van der Waals surface area contributed by atoms with Crippen LogP contribution in [-0.4, -0.2) is 5.91 Å². The third-order valence-electron chi connectivity index (χ3n) is 8.64. The summed E-state index contributed by atoms with van der Waals surface area (Å²) < 4.78 is 0. The standard InChI is InChI=1S/C26H36ClNO/c1-17(2)18-10-12-20-19(16-18)11-13-23-25(20,3)14-7-15-26(23,4)24(29)28-22-9-6-5-8-21(22)27/h5-6,8-9,17-18,23H,7,10-16H2,1-4H3,(H,28,29)/t18?,23?,25?,26-/m1/s1. The molecule has 0 bridgehead atoms. The van der Waals surface area contributed by atoms with Crippen LogP contribution < -0.4 is 5.32 Å². The maximum absolute atomic E-state index is 13.6. The highest BCUT2D eigenvalue weighted by molar-refractivity contribution is 6.33. The zero-order valence-corrected chi connectivity index (χ0v) is 19.2. The van der Waals surface area contributed by atoms with Crippen molar-refractivity contribution in [1.29, 1.82) is 0 Å². The second-order valence-corrected chi connectivity index (χ2v) is 10.9. The van der Waals surface area contributed by atoms with Gasteiger partial charge in [-0.1, -0.05) is 69.0 Å². The number of benzene rings is 1. The van der Waals surface area contributed by atoms with Gasteiger partial charge in [-0.05, 0) is 80.2 Å². The third-order valence-corrected chi connectivity index (χ3v) is 8.97. The molecule has 1 aromatic carbocycles. The van der Waals surface area contributed by atoms with Gasteiger partial charge in [-0.25, -0.2) is 0 Å². The van der Waals surface area contributed by atoms with Crippen LogP contribution in [0.25, 0.3) is 0 Å². The topological polar surface area (TPSA) is 29.1 Å². The summed E-state index contributed by atoms with van der Waals surface area (Å²) in [6, 6.07) is 7.58. The Balaban J connectivity index is 1.62. The van der Waals surface area contributed by atoms with Crippen molar-refractivity contribution in [3.63, 3.8) is 0 Å². The lowest BCUT2D eigenvalue weighted by Crippen LogP contribution is -2.52. The van der Waals surface area contributed by atoms with Crippen LogP contribution >= 0.6 is 11.6 Å². The van der Waals surface area contributed by atoms with Gasteiger partial charge in [0.15, 0.2) is 0 Å². The highest BCUT2D eigenvalue weighted by Crippen LogP contribution is 2.62. The molecule has 3 aliphatic carbocycles. The first kappa shape index (κ1) is 21.0. The zero-order valence-electron chi connectivity index (χ0n) is 18.5. The Kier molecular flexibility index (Phi) is 5.61. The first-order chi connectivity index (χ1) is 13.8. The molecule has 4 atom stereocenters. The minimum atomic E-state index is -0.334. The van der Waals surface area contributed by atoms with Crippen LogP contribution in [0.3, 0.4) is 0 Å². The number of allylic oxidation sites excluding steroid dienone is 2. The van der Waals surface area contributed by atoms with Crippen LogP contribution in [0.15, 0.2) is 35.4 Å². The molecule has 1 fully saturated rings. The molecule has 2 nitrogen and oxygen atoms in total. The summed E-state index contributed by atoms with van der Waals surface area (Å²) in [7, 11) is 0. The molecule has 0 saturated heterocycles. The quantitative estimate of drug-likeness (QED) is 0.506. The summed E-state index contributed by atoms with van der Waals surface area (Å²) in [5, 5.41) is 3.79. The molecule has 0 heterocycles. The van der Waals surface area contributed by atoms with Gasteiger partial charge in [0.05, 0.1) is 16.1 Å². The van der Waals surface area contributed by atoms with E-state index in [0.29, 0.717) is 10.9 Å². The molecule has 3 aliphatic rings. The predicted molar refractivity (Wildman–Crippen MR) is 122 cm³/mol. The number of para-hydroxylation sites is 1. The Morgan fingerprint density at radius 3 is 2.62 bits per heavy atom. The number of rotatable bonds is 3. The summed E-state index contributed by atoms with van der Waals surface area (Å²) in [6.07, 6.45) is 9.52. The van der Waals surface area contributed by atoms with E-state index in [0.717, 1.165) is 36.8 Å². The van der Waals surface area contributed by atoms with E-state index in [1.165, 1.54) is 32.1 Å². The van der Waals surface area contributed by atoms with Gasteiger partial charge in [-0.3, -0.25) is 4.79 Å². The van der Waals surface area contributed by atoms with Crippen molar-refractivity contribution < 1.29 is 4.79 Å². The highest BCUT2D eigenvalue weighted by Gasteiger charge is 2.56. The fourth-order valence-electron chi connectivity index (χ4n) is 6.85. The van der Waals surface area contributed by atoms with Crippen molar-refractivity contribution in [2.24, 2.45) is 28.6 Å². The van der Waals surface area contributed by atoms with E-state index in [-0.39, 0.29) is 16.7 Å². The van der Waals surface area contributed by atoms with Gasteiger partial charge in [-0.15, -0.1) is 0 Å². The van der Waals surface area contributed by atoms with Crippen molar-refractivity contribution in [1.82, 2.24) is 0 Å². The SMILES string of the molecule is CC(C)C1CCC2=C(CCC3C2(C)CCC[C@@]3(C)C(=O)Nc2ccccc2Cl)C1. The third kappa shape index (κ3) is 3.56. The van der Waals surface area contributed by atoms with E-state index >= 15 is 0 Å².